The van der Waals surface area contributed by atoms with Crippen LogP contribution < -0.4 is 4.74 Å². The monoisotopic (exact) mass is 321 g/mol. The van der Waals surface area contributed by atoms with E-state index in [0.717, 1.165) is 5.56 Å². The van der Waals surface area contributed by atoms with Gasteiger partial charge < -0.3 is 9.53 Å². The summed E-state index contributed by atoms with van der Waals surface area (Å²) in [6, 6.07) is 7.25. The van der Waals surface area contributed by atoms with Crippen LogP contribution in [0.3, 0.4) is 0 Å². The molecular formula is C16H23NO4Si. The lowest BCUT2D eigenvalue weighted by molar-refractivity contribution is -0.483. The molecule has 1 atom stereocenters. The molecule has 1 rings (SSSR count). The number of rotatable bonds is 8. The molecule has 0 saturated carbocycles. The average Bonchev–Trinajstić information content (AvgIpc) is 2.44. The Hall–Kier alpha value is -1.95. The van der Waals surface area contributed by atoms with E-state index in [0.29, 0.717) is 12.2 Å². The first kappa shape index (κ1) is 18.1. The Labute approximate surface area is 132 Å². The highest BCUT2D eigenvalue weighted by Crippen LogP contribution is 2.23. The Morgan fingerprint density at radius 1 is 1.32 bits per heavy atom. The molecule has 22 heavy (non-hydrogen) atoms. The molecular weight excluding hydrogens is 298 g/mol. The molecule has 120 valence electrons. The second-order valence-corrected chi connectivity index (χ2v) is 11.2. The summed E-state index contributed by atoms with van der Waals surface area (Å²) in [5.41, 5.74) is 0.877. The summed E-state index contributed by atoms with van der Waals surface area (Å²) in [6.45, 7) is 5.80. The lowest BCUT2D eigenvalue weighted by atomic mass is 9.95. The van der Waals surface area contributed by atoms with Crippen LogP contribution in [0.5, 0.6) is 5.75 Å². The normalized spacial score (nSPS) is 13.1. The zero-order valence-corrected chi connectivity index (χ0v) is 14.5. The third kappa shape index (κ3) is 5.81. The van der Waals surface area contributed by atoms with Crippen molar-refractivity contribution in [3.05, 3.63) is 52.1 Å². The van der Waals surface area contributed by atoms with Gasteiger partial charge in [-0.25, -0.2) is 0 Å². The second-order valence-electron chi connectivity index (χ2n) is 6.24. The molecule has 0 fully saturated rings. The SMILES string of the molecule is COc1ccc(C(C/C=C/C(=O)[Si](C)(C)C)C[N+](=O)[O-])cc1. The predicted molar refractivity (Wildman–Crippen MR) is 89.7 cm³/mol. The molecule has 1 aromatic rings. The second kappa shape index (κ2) is 7.89. The third-order valence-electron chi connectivity index (χ3n) is 3.39. The van der Waals surface area contributed by atoms with E-state index in [9.17, 15) is 14.9 Å². The Balaban J connectivity index is 2.82. The van der Waals surface area contributed by atoms with Gasteiger partial charge in [-0.15, -0.1) is 0 Å². The molecule has 0 radical (unpaired) electrons. The standard InChI is InChI=1S/C16H23NO4Si/c1-21-15-10-8-13(9-11-15)14(12-17(19)20)6-5-7-16(18)22(2,3)4/h5,7-11,14H,6,12H2,1-4H3/b7-5+. The molecule has 0 aliphatic carbocycles. The van der Waals surface area contributed by atoms with Crippen LogP contribution in [0.4, 0.5) is 0 Å². The summed E-state index contributed by atoms with van der Waals surface area (Å²) in [5.74, 6) is 0.472. The van der Waals surface area contributed by atoms with E-state index in [4.69, 9.17) is 4.74 Å². The maximum absolute atomic E-state index is 11.9. The van der Waals surface area contributed by atoms with Gasteiger partial charge in [-0.05, 0) is 30.2 Å². The van der Waals surface area contributed by atoms with Crippen molar-refractivity contribution in [1.29, 1.82) is 0 Å². The summed E-state index contributed by atoms with van der Waals surface area (Å²) in [6.07, 6.45) is 3.82. The third-order valence-corrected chi connectivity index (χ3v) is 5.03. The van der Waals surface area contributed by atoms with E-state index in [1.54, 1.807) is 31.4 Å². The van der Waals surface area contributed by atoms with Crippen LogP contribution in [0.15, 0.2) is 36.4 Å². The molecule has 1 aromatic carbocycles. The molecule has 0 N–H and O–H groups in total. The Morgan fingerprint density at radius 3 is 2.36 bits per heavy atom. The van der Waals surface area contributed by atoms with Crippen molar-refractivity contribution in [2.24, 2.45) is 0 Å². The molecule has 0 aliphatic heterocycles. The number of ether oxygens (including phenoxy) is 1. The van der Waals surface area contributed by atoms with E-state index < -0.39 is 8.07 Å². The van der Waals surface area contributed by atoms with Gasteiger partial charge in [0.05, 0.1) is 13.0 Å². The first-order valence-electron chi connectivity index (χ1n) is 7.20. The topological polar surface area (TPSA) is 69.4 Å². The molecule has 0 saturated heterocycles. The minimum absolute atomic E-state index is 0.155. The summed E-state index contributed by atoms with van der Waals surface area (Å²) < 4.78 is 5.09. The number of allylic oxidation sites excluding steroid dienone is 2. The lowest BCUT2D eigenvalue weighted by Crippen LogP contribution is -2.31. The highest BCUT2D eigenvalue weighted by atomic mass is 28.3. The van der Waals surface area contributed by atoms with Crippen molar-refractivity contribution in [3.63, 3.8) is 0 Å². The first-order valence-corrected chi connectivity index (χ1v) is 10.7. The Kier molecular flexibility index (Phi) is 6.49. The molecule has 0 amide bonds. The number of hydrogen-bond acceptors (Lipinski definition) is 4. The Morgan fingerprint density at radius 2 is 1.91 bits per heavy atom. The quantitative estimate of drug-likeness (QED) is 0.318. The van der Waals surface area contributed by atoms with Gasteiger partial charge in [0.2, 0.25) is 6.54 Å². The van der Waals surface area contributed by atoms with E-state index in [2.05, 4.69) is 0 Å². The van der Waals surface area contributed by atoms with Gasteiger partial charge in [0, 0.05) is 4.92 Å². The predicted octanol–water partition coefficient (Wildman–Crippen LogP) is 3.45. The van der Waals surface area contributed by atoms with Crippen LogP contribution in [-0.4, -0.2) is 32.1 Å². The zero-order chi connectivity index (χ0) is 16.8. The van der Waals surface area contributed by atoms with Crippen molar-refractivity contribution < 1.29 is 14.5 Å². The molecule has 5 nitrogen and oxygen atoms in total. The summed E-state index contributed by atoms with van der Waals surface area (Å²) in [5, 5.41) is 11.0. The lowest BCUT2D eigenvalue weighted by Gasteiger charge is -2.13. The van der Waals surface area contributed by atoms with Crippen molar-refractivity contribution in [3.8, 4) is 5.75 Å². The van der Waals surface area contributed by atoms with E-state index in [1.807, 2.05) is 31.8 Å². The number of benzene rings is 1. The first-order chi connectivity index (χ1) is 10.2. The summed E-state index contributed by atoms with van der Waals surface area (Å²) in [7, 11) is -0.255. The summed E-state index contributed by atoms with van der Waals surface area (Å²) in [4.78, 5) is 22.5. The van der Waals surface area contributed by atoms with Gasteiger partial charge in [0.25, 0.3) is 0 Å². The minimum atomic E-state index is -1.83. The van der Waals surface area contributed by atoms with E-state index in [1.165, 1.54) is 0 Å². The largest absolute Gasteiger partial charge is 0.497 e. The molecule has 0 heterocycles. The van der Waals surface area contributed by atoms with Gasteiger partial charge >= 0.3 is 0 Å². The highest BCUT2D eigenvalue weighted by Gasteiger charge is 2.22. The van der Waals surface area contributed by atoms with Crippen LogP contribution in [0.25, 0.3) is 0 Å². The van der Waals surface area contributed by atoms with Gasteiger partial charge in [0.1, 0.15) is 19.2 Å². The van der Waals surface area contributed by atoms with Crippen molar-refractivity contribution in [2.75, 3.05) is 13.7 Å². The van der Waals surface area contributed by atoms with Crippen LogP contribution in [0.1, 0.15) is 17.9 Å². The maximum Gasteiger partial charge on any atom is 0.210 e. The van der Waals surface area contributed by atoms with Gasteiger partial charge in [0.15, 0.2) is 0 Å². The highest BCUT2D eigenvalue weighted by molar-refractivity contribution is 7.04. The van der Waals surface area contributed by atoms with Crippen LogP contribution in [0.2, 0.25) is 19.6 Å². The van der Waals surface area contributed by atoms with Crippen molar-refractivity contribution >= 4 is 13.5 Å². The zero-order valence-electron chi connectivity index (χ0n) is 13.5. The molecule has 0 aliphatic rings. The van der Waals surface area contributed by atoms with E-state index >= 15 is 0 Å². The van der Waals surface area contributed by atoms with Crippen molar-refractivity contribution in [2.45, 2.75) is 32.0 Å². The van der Waals surface area contributed by atoms with Crippen LogP contribution in [0, 0.1) is 10.1 Å². The molecule has 0 spiro atoms. The molecule has 0 aromatic heterocycles. The number of carbonyl (C=O) groups is 1. The molecule has 0 bridgehead atoms. The van der Waals surface area contributed by atoms with Gasteiger partial charge in [-0.3, -0.25) is 10.1 Å². The van der Waals surface area contributed by atoms with Crippen LogP contribution in [-0.2, 0) is 4.79 Å². The number of hydrogen-bond donors (Lipinski definition) is 0. The minimum Gasteiger partial charge on any atom is -0.497 e. The van der Waals surface area contributed by atoms with Gasteiger partial charge in [-0.1, -0.05) is 37.8 Å². The maximum atomic E-state index is 11.9. The smallest absolute Gasteiger partial charge is 0.210 e. The fourth-order valence-electron chi connectivity index (χ4n) is 1.96. The van der Waals surface area contributed by atoms with Crippen LogP contribution >= 0.6 is 0 Å². The molecule has 1 unspecified atom stereocenters. The average molecular weight is 321 g/mol. The number of nitrogens with zero attached hydrogens (tertiary/aromatic N) is 1. The van der Waals surface area contributed by atoms with Crippen molar-refractivity contribution in [1.82, 2.24) is 0 Å². The summed E-state index contributed by atoms with van der Waals surface area (Å²) >= 11 is 0. The number of methoxy groups -OCH3 is 1. The van der Waals surface area contributed by atoms with Gasteiger partial charge in [-0.2, -0.15) is 0 Å². The fourth-order valence-corrected chi connectivity index (χ4v) is 2.58. The Bertz CT molecular complexity index is 546. The molecule has 6 heteroatoms. The number of carbonyl (C=O) groups excluding carboxylic acids is 1. The number of nitro groups is 1. The van der Waals surface area contributed by atoms with E-state index in [-0.39, 0.29) is 22.8 Å². The fraction of sp³-hybridized carbons (Fsp3) is 0.438.